The summed E-state index contributed by atoms with van der Waals surface area (Å²) in [5.41, 5.74) is 1.97. The van der Waals surface area contributed by atoms with Gasteiger partial charge in [-0.05, 0) is 58.3 Å². The predicted octanol–water partition coefficient (Wildman–Crippen LogP) is 5.38. The molecule has 0 fully saturated rings. The number of hydrogen-bond acceptors (Lipinski definition) is 2. The fourth-order valence-corrected chi connectivity index (χ4v) is 4.20. The Balaban J connectivity index is 1.82. The van der Waals surface area contributed by atoms with E-state index >= 15 is 0 Å². The van der Waals surface area contributed by atoms with Gasteiger partial charge in [0.2, 0.25) is 0 Å². The van der Waals surface area contributed by atoms with E-state index in [-0.39, 0.29) is 5.75 Å². The van der Waals surface area contributed by atoms with Crippen molar-refractivity contribution in [1.29, 1.82) is 0 Å². The fraction of sp³-hybridized carbons (Fsp3) is 0. The van der Waals surface area contributed by atoms with Crippen LogP contribution in [-0.4, -0.2) is 9.32 Å². The van der Waals surface area contributed by atoms with Crippen LogP contribution in [0.25, 0.3) is 21.9 Å². The van der Waals surface area contributed by atoms with Gasteiger partial charge in [0.1, 0.15) is 5.75 Å². The topological polar surface area (TPSA) is 37.3 Å². The van der Waals surface area contributed by atoms with Crippen LogP contribution in [0.3, 0.4) is 0 Å². The zero-order valence-corrected chi connectivity index (χ0v) is 14.2. The standard InChI is InChI=1S/C22H16O2S/c23-19-8-4-6-16(15-19)17-12-13-21-18(14-17)7-5-11-22(21)25(24)20-9-2-1-3-10-20/h1-15,23H. The summed E-state index contributed by atoms with van der Waals surface area (Å²) < 4.78 is 12.9. The SMILES string of the molecule is O=S(c1ccccc1)c1cccc2cc(-c3cccc(O)c3)ccc12. The van der Waals surface area contributed by atoms with E-state index in [2.05, 4.69) is 6.07 Å². The van der Waals surface area contributed by atoms with Crippen LogP contribution in [0.5, 0.6) is 5.75 Å². The molecule has 25 heavy (non-hydrogen) atoms. The average molecular weight is 344 g/mol. The van der Waals surface area contributed by atoms with Gasteiger partial charge in [0.25, 0.3) is 0 Å². The summed E-state index contributed by atoms with van der Waals surface area (Å²) in [6, 6.07) is 28.6. The Morgan fingerprint density at radius 3 is 2.24 bits per heavy atom. The van der Waals surface area contributed by atoms with Crippen LogP contribution in [0.15, 0.2) is 101 Å². The zero-order chi connectivity index (χ0) is 17.2. The van der Waals surface area contributed by atoms with Gasteiger partial charge in [0.05, 0.1) is 15.7 Å². The summed E-state index contributed by atoms with van der Waals surface area (Å²) >= 11 is 0. The first kappa shape index (κ1) is 15.6. The maximum atomic E-state index is 12.9. The Hall–Kier alpha value is -2.91. The van der Waals surface area contributed by atoms with Crippen LogP contribution < -0.4 is 0 Å². The van der Waals surface area contributed by atoms with Gasteiger partial charge in [-0.2, -0.15) is 0 Å². The highest BCUT2D eigenvalue weighted by Gasteiger charge is 2.11. The van der Waals surface area contributed by atoms with Gasteiger partial charge in [-0.15, -0.1) is 0 Å². The Morgan fingerprint density at radius 1 is 0.680 bits per heavy atom. The lowest BCUT2D eigenvalue weighted by molar-refractivity contribution is 0.475. The van der Waals surface area contributed by atoms with Gasteiger partial charge in [-0.25, -0.2) is 4.21 Å². The van der Waals surface area contributed by atoms with Gasteiger partial charge in [-0.1, -0.05) is 54.6 Å². The monoisotopic (exact) mass is 344 g/mol. The molecule has 2 nitrogen and oxygen atoms in total. The minimum Gasteiger partial charge on any atom is -0.508 e. The van der Waals surface area contributed by atoms with Crippen LogP contribution in [0.1, 0.15) is 0 Å². The van der Waals surface area contributed by atoms with E-state index in [9.17, 15) is 9.32 Å². The van der Waals surface area contributed by atoms with Crippen molar-refractivity contribution in [3.8, 4) is 16.9 Å². The van der Waals surface area contributed by atoms with Crippen molar-refractivity contribution in [2.45, 2.75) is 9.79 Å². The van der Waals surface area contributed by atoms with E-state index in [0.29, 0.717) is 0 Å². The summed E-state index contributed by atoms with van der Waals surface area (Å²) in [6.45, 7) is 0. The number of hydrogen-bond donors (Lipinski definition) is 1. The highest BCUT2D eigenvalue weighted by molar-refractivity contribution is 7.85. The van der Waals surface area contributed by atoms with Crippen molar-refractivity contribution in [3.63, 3.8) is 0 Å². The third-order valence-electron chi connectivity index (χ3n) is 4.18. The highest BCUT2D eigenvalue weighted by atomic mass is 32.2. The molecule has 1 atom stereocenters. The molecule has 1 unspecified atom stereocenters. The Morgan fingerprint density at radius 2 is 1.44 bits per heavy atom. The number of phenolic OH excluding ortho intramolecular Hbond substituents is 1. The molecule has 4 aromatic carbocycles. The fourth-order valence-electron chi connectivity index (χ4n) is 2.95. The number of phenols is 1. The average Bonchev–Trinajstić information content (AvgIpc) is 2.67. The quantitative estimate of drug-likeness (QED) is 0.542. The molecule has 0 saturated carbocycles. The first-order valence-electron chi connectivity index (χ1n) is 8.01. The molecule has 0 aliphatic heterocycles. The third-order valence-corrected chi connectivity index (χ3v) is 5.63. The molecule has 3 heteroatoms. The Bertz CT molecular complexity index is 1070. The lowest BCUT2D eigenvalue weighted by Gasteiger charge is -2.09. The van der Waals surface area contributed by atoms with Gasteiger partial charge in [0.15, 0.2) is 0 Å². The molecule has 0 aliphatic rings. The molecule has 0 saturated heterocycles. The molecule has 0 heterocycles. The predicted molar refractivity (Wildman–Crippen MR) is 102 cm³/mol. The van der Waals surface area contributed by atoms with Crippen LogP contribution in [0.2, 0.25) is 0 Å². The molecule has 1 N–H and O–H groups in total. The second-order valence-electron chi connectivity index (χ2n) is 5.82. The molecule has 0 aromatic heterocycles. The lowest BCUT2D eigenvalue weighted by atomic mass is 10.0. The number of benzene rings is 4. The largest absolute Gasteiger partial charge is 0.508 e. The van der Waals surface area contributed by atoms with E-state index in [1.165, 1.54) is 0 Å². The molecule has 0 amide bonds. The summed E-state index contributed by atoms with van der Waals surface area (Å²) in [7, 11) is -1.22. The molecule has 0 bridgehead atoms. The Kier molecular flexibility index (Phi) is 4.08. The smallest absolute Gasteiger partial charge is 0.116 e. The molecule has 0 spiro atoms. The van der Waals surface area contributed by atoms with Crippen molar-refractivity contribution in [1.82, 2.24) is 0 Å². The summed E-state index contributed by atoms with van der Waals surface area (Å²) in [6.07, 6.45) is 0. The second-order valence-corrected chi connectivity index (χ2v) is 7.27. The second kappa shape index (κ2) is 6.54. The van der Waals surface area contributed by atoms with Crippen LogP contribution in [0.4, 0.5) is 0 Å². The van der Waals surface area contributed by atoms with Crippen molar-refractivity contribution in [3.05, 3.63) is 91.0 Å². The van der Waals surface area contributed by atoms with E-state index < -0.39 is 10.8 Å². The third kappa shape index (κ3) is 3.06. The molecule has 0 radical (unpaired) electrons. The molecule has 4 rings (SSSR count). The first-order chi connectivity index (χ1) is 12.2. The maximum absolute atomic E-state index is 12.9. The van der Waals surface area contributed by atoms with Crippen LogP contribution in [-0.2, 0) is 10.8 Å². The number of fused-ring (bicyclic) bond motifs is 1. The van der Waals surface area contributed by atoms with Crippen molar-refractivity contribution >= 4 is 21.6 Å². The molecule has 0 aliphatic carbocycles. The van der Waals surface area contributed by atoms with E-state index in [0.717, 1.165) is 31.7 Å². The molecular formula is C22H16O2S. The van der Waals surface area contributed by atoms with E-state index in [1.54, 1.807) is 12.1 Å². The minimum atomic E-state index is -1.22. The van der Waals surface area contributed by atoms with Crippen molar-refractivity contribution in [2.24, 2.45) is 0 Å². The summed E-state index contributed by atoms with van der Waals surface area (Å²) in [5.74, 6) is 0.247. The maximum Gasteiger partial charge on any atom is 0.116 e. The van der Waals surface area contributed by atoms with E-state index in [1.807, 2.05) is 72.8 Å². The summed E-state index contributed by atoms with van der Waals surface area (Å²) in [4.78, 5) is 1.61. The lowest BCUT2D eigenvalue weighted by Crippen LogP contribution is -1.94. The van der Waals surface area contributed by atoms with Crippen LogP contribution >= 0.6 is 0 Å². The van der Waals surface area contributed by atoms with Gasteiger partial charge in [0, 0.05) is 4.90 Å². The summed E-state index contributed by atoms with van der Waals surface area (Å²) in [5, 5.41) is 11.7. The van der Waals surface area contributed by atoms with Gasteiger partial charge < -0.3 is 5.11 Å². The number of aromatic hydroxyl groups is 1. The Labute approximate surface area is 148 Å². The molecular weight excluding hydrogens is 328 g/mol. The highest BCUT2D eigenvalue weighted by Crippen LogP contribution is 2.30. The molecule has 122 valence electrons. The van der Waals surface area contributed by atoms with Gasteiger partial charge in [-0.3, -0.25) is 0 Å². The minimum absolute atomic E-state index is 0.247. The first-order valence-corrected chi connectivity index (χ1v) is 9.16. The normalized spacial score (nSPS) is 12.2. The van der Waals surface area contributed by atoms with Crippen molar-refractivity contribution in [2.75, 3.05) is 0 Å². The zero-order valence-electron chi connectivity index (χ0n) is 13.4. The van der Waals surface area contributed by atoms with E-state index in [4.69, 9.17) is 0 Å². The van der Waals surface area contributed by atoms with Crippen molar-refractivity contribution < 1.29 is 9.32 Å². The number of rotatable bonds is 3. The van der Waals surface area contributed by atoms with Crippen LogP contribution in [0, 0.1) is 0 Å². The van der Waals surface area contributed by atoms with Gasteiger partial charge >= 0.3 is 0 Å². The molecule has 4 aromatic rings.